The van der Waals surface area contributed by atoms with Gasteiger partial charge in [0, 0.05) is 31.4 Å². The minimum Gasteiger partial charge on any atom is -0.497 e. The van der Waals surface area contributed by atoms with Crippen LogP contribution in [0, 0.1) is 0 Å². The Morgan fingerprint density at radius 3 is 2.76 bits per heavy atom. The maximum atomic E-state index is 13.1. The molecule has 1 spiro atoms. The molecule has 1 unspecified atom stereocenters. The highest BCUT2D eigenvalue weighted by molar-refractivity contribution is 5.97. The first-order valence-electron chi connectivity index (χ1n) is 9.13. The van der Waals surface area contributed by atoms with Crippen LogP contribution < -0.4 is 10.1 Å². The summed E-state index contributed by atoms with van der Waals surface area (Å²) in [6, 6.07) is 7.09. The summed E-state index contributed by atoms with van der Waals surface area (Å²) in [6.45, 7) is 4.28. The third kappa shape index (κ3) is 3.30. The highest BCUT2D eigenvalue weighted by Gasteiger charge is 2.52. The van der Waals surface area contributed by atoms with Gasteiger partial charge < -0.3 is 19.9 Å². The third-order valence-electron chi connectivity index (χ3n) is 5.25. The van der Waals surface area contributed by atoms with Gasteiger partial charge in [0.2, 0.25) is 5.91 Å². The van der Waals surface area contributed by atoms with E-state index in [-0.39, 0.29) is 11.9 Å². The number of amides is 3. The largest absolute Gasteiger partial charge is 0.497 e. The van der Waals surface area contributed by atoms with Crippen LogP contribution in [0.15, 0.2) is 24.3 Å². The van der Waals surface area contributed by atoms with Crippen LogP contribution in [-0.4, -0.2) is 54.0 Å². The second-order valence-corrected chi connectivity index (χ2v) is 6.84. The van der Waals surface area contributed by atoms with E-state index in [1.807, 2.05) is 23.1 Å². The van der Waals surface area contributed by atoms with E-state index in [1.54, 1.807) is 18.1 Å². The zero-order chi connectivity index (χ0) is 17.9. The highest BCUT2D eigenvalue weighted by Crippen LogP contribution is 2.38. The Balaban J connectivity index is 1.78. The van der Waals surface area contributed by atoms with Gasteiger partial charge in [-0.1, -0.05) is 13.0 Å². The van der Waals surface area contributed by atoms with Crippen molar-refractivity contribution in [3.8, 4) is 5.75 Å². The number of nitrogens with zero attached hydrogens (tertiary/aromatic N) is 2. The molecule has 0 saturated carbocycles. The standard InChI is InChI=1S/C19H27N3O3/c1-3-11-21-12-5-9-19(17(21)23)10-6-13-22(19)18(24)20-15-7-4-8-16(14-15)25-2/h4,7-8,14H,3,5-6,9-13H2,1-2H3,(H,20,24). The lowest BCUT2D eigenvalue weighted by Gasteiger charge is -2.44. The Labute approximate surface area is 149 Å². The van der Waals surface area contributed by atoms with E-state index in [1.165, 1.54) is 0 Å². The molecular weight excluding hydrogens is 318 g/mol. The van der Waals surface area contributed by atoms with Crippen molar-refractivity contribution in [3.05, 3.63) is 24.3 Å². The van der Waals surface area contributed by atoms with Crippen molar-refractivity contribution < 1.29 is 14.3 Å². The molecular formula is C19H27N3O3. The van der Waals surface area contributed by atoms with Gasteiger partial charge in [0.25, 0.3) is 0 Å². The molecule has 6 nitrogen and oxygen atoms in total. The molecule has 3 rings (SSSR count). The first-order valence-corrected chi connectivity index (χ1v) is 9.13. The quantitative estimate of drug-likeness (QED) is 0.912. The average molecular weight is 345 g/mol. The summed E-state index contributed by atoms with van der Waals surface area (Å²) < 4.78 is 5.20. The summed E-state index contributed by atoms with van der Waals surface area (Å²) in [7, 11) is 1.60. The van der Waals surface area contributed by atoms with Gasteiger partial charge in [0.05, 0.1) is 7.11 Å². The molecule has 2 aliphatic heterocycles. The molecule has 25 heavy (non-hydrogen) atoms. The van der Waals surface area contributed by atoms with Gasteiger partial charge in [-0.3, -0.25) is 4.79 Å². The molecule has 0 aromatic heterocycles. The van der Waals surface area contributed by atoms with Crippen molar-refractivity contribution in [3.63, 3.8) is 0 Å². The molecule has 1 N–H and O–H groups in total. The van der Waals surface area contributed by atoms with Crippen LogP contribution in [0.25, 0.3) is 0 Å². The summed E-state index contributed by atoms with van der Waals surface area (Å²) in [4.78, 5) is 29.7. The van der Waals surface area contributed by atoms with Gasteiger partial charge in [-0.25, -0.2) is 4.79 Å². The minimum atomic E-state index is -0.656. The van der Waals surface area contributed by atoms with E-state index < -0.39 is 5.54 Å². The zero-order valence-electron chi connectivity index (χ0n) is 15.1. The Morgan fingerprint density at radius 1 is 1.28 bits per heavy atom. The third-order valence-corrected chi connectivity index (χ3v) is 5.25. The molecule has 2 saturated heterocycles. The number of hydrogen-bond donors (Lipinski definition) is 1. The molecule has 1 aromatic carbocycles. The van der Waals surface area contributed by atoms with Gasteiger partial charge in [-0.2, -0.15) is 0 Å². The Kier molecular flexibility index (Phi) is 5.16. The van der Waals surface area contributed by atoms with E-state index in [9.17, 15) is 9.59 Å². The summed E-state index contributed by atoms with van der Waals surface area (Å²) in [5, 5.41) is 2.93. The van der Waals surface area contributed by atoms with Crippen LogP contribution in [0.4, 0.5) is 10.5 Å². The van der Waals surface area contributed by atoms with Gasteiger partial charge in [0.15, 0.2) is 0 Å². The zero-order valence-corrected chi connectivity index (χ0v) is 15.1. The average Bonchev–Trinajstić information content (AvgIpc) is 3.04. The van der Waals surface area contributed by atoms with Crippen LogP contribution in [0.5, 0.6) is 5.75 Å². The van der Waals surface area contributed by atoms with E-state index in [0.717, 1.165) is 45.2 Å². The normalized spacial score (nSPS) is 23.2. The van der Waals surface area contributed by atoms with Crippen molar-refractivity contribution in [1.29, 1.82) is 0 Å². The summed E-state index contributed by atoms with van der Waals surface area (Å²) >= 11 is 0. The molecule has 2 aliphatic rings. The first kappa shape index (κ1) is 17.6. The van der Waals surface area contributed by atoms with Gasteiger partial charge >= 0.3 is 6.03 Å². The number of hydrogen-bond acceptors (Lipinski definition) is 3. The Hall–Kier alpha value is -2.24. The van der Waals surface area contributed by atoms with E-state index in [0.29, 0.717) is 18.0 Å². The fourth-order valence-corrected chi connectivity index (χ4v) is 4.10. The lowest BCUT2D eigenvalue weighted by atomic mass is 9.85. The minimum absolute atomic E-state index is 0.124. The smallest absolute Gasteiger partial charge is 0.322 e. The molecule has 0 aliphatic carbocycles. The molecule has 136 valence electrons. The molecule has 2 fully saturated rings. The predicted octanol–water partition coefficient (Wildman–Crippen LogP) is 3.09. The summed E-state index contributed by atoms with van der Waals surface area (Å²) in [5.41, 5.74) is 0.0242. The van der Waals surface area contributed by atoms with Crippen LogP contribution in [0.2, 0.25) is 0 Å². The number of urea groups is 1. The van der Waals surface area contributed by atoms with E-state index in [2.05, 4.69) is 12.2 Å². The van der Waals surface area contributed by atoms with Crippen molar-refractivity contribution >= 4 is 17.6 Å². The molecule has 1 atom stereocenters. The lowest BCUT2D eigenvalue weighted by Crippen LogP contribution is -2.62. The number of ether oxygens (including phenoxy) is 1. The van der Waals surface area contributed by atoms with Crippen LogP contribution >= 0.6 is 0 Å². The molecule has 3 amide bonds. The van der Waals surface area contributed by atoms with Crippen molar-refractivity contribution in [1.82, 2.24) is 9.80 Å². The predicted molar refractivity (Wildman–Crippen MR) is 96.8 cm³/mol. The molecule has 0 radical (unpaired) electrons. The first-order chi connectivity index (χ1) is 12.1. The second kappa shape index (κ2) is 7.33. The van der Waals surface area contributed by atoms with Crippen molar-refractivity contribution in [2.75, 3.05) is 32.1 Å². The number of methoxy groups -OCH3 is 1. The molecule has 6 heteroatoms. The molecule has 2 heterocycles. The van der Waals surface area contributed by atoms with Gasteiger partial charge in [-0.15, -0.1) is 0 Å². The van der Waals surface area contributed by atoms with Crippen molar-refractivity contribution in [2.24, 2.45) is 0 Å². The lowest BCUT2D eigenvalue weighted by molar-refractivity contribution is -0.145. The SMILES string of the molecule is CCCN1CCCC2(CCCN2C(=O)Nc2cccc(OC)c2)C1=O. The topological polar surface area (TPSA) is 61.9 Å². The number of nitrogens with one attached hydrogen (secondary N) is 1. The molecule has 0 bridgehead atoms. The van der Waals surface area contributed by atoms with E-state index >= 15 is 0 Å². The van der Waals surface area contributed by atoms with Crippen LogP contribution in [0.1, 0.15) is 39.0 Å². The van der Waals surface area contributed by atoms with E-state index in [4.69, 9.17) is 4.74 Å². The number of benzene rings is 1. The fraction of sp³-hybridized carbons (Fsp3) is 0.579. The molecule has 1 aromatic rings. The Morgan fingerprint density at radius 2 is 2.04 bits per heavy atom. The van der Waals surface area contributed by atoms with Crippen molar-refractivity contribution in [2.45, 2.75) is 44.6 Å². The number of carbonyl (C=O) groups is 2. The number of piperidine rings is 1. The van der Waals surface area contributed by atoms with Gasteiger partial charge in [0.1, 0.15) is 11.3 Å². The Bertz CT molecular complexity index is 647. The fourth-order valence-electron chi connectivity index (χ4n) is 4.10. The maximum Gasteiger partial charge on any atom is 0.322 e. The van der Waals surface area contributed by atoms with Crippen LogP contribution in [-0.2, 0) is 4.79 Å². The number of likely N-dealkylation sites (tertiary alicyclic amines) is 2. The highest BCUT2D eigenvalue weighted by atomic mass is 16.5. The number of carbonyl (C=O) groups excluding carboxylic acids is 2. The van der Waals surface area contributed by atoms with Crippen LogP contribution in [0.3, 0.4) is 0 Å². The summed E-state index contributed by atoms with van der Waals surface area (Å²) in [5.74, 6) is 0.815. The number of anilines is 1. The number of rotatable bonds is 4. The monoisotopic (exact) mass is 345 g/mol. The summed E-state index contributed by atoms with van der Waals surface area (Å²) in [6.07, 6.45) is 4.29. The maximum absolute atomic E-state index is 13.1. The van der Waals surface area contributed by atoms with Gasteiger partial charge in [-0.05, 0) is 44.2 Å². The second-order valence-electron chi connectivity index (χ2n) is 6.84.